The number of hydrogen-bond donors (Lipinski definition) is 4. The van der Waals surface area contributed by atoms with Gasteiger partial charge in [-0.3, -0.25) is 25.2 Å². The number of ether oxygens (including phenoxy) is 1. The number of nitrogens with two attached hydrogens (primary N) is 1. The van der Waals surface area contributed by atoms with E-state index in [1.54, 1.807) is 0 Å². The molecule has 4 atom stereocenters. The molecule has 2 aliphatic heterocycles. The van der Waals surface area contributed by atoms with Gasteiger partial charge in [-0.25, -0.2) is 4.79 Å². The molecule has 0 aromatic rings. The van der Waals surface area contributed by atoms with Crippen LogP contribution in [0.4, 0.5) is 4.79 Å². The fourth-order valence-corrected chi connectivity index (χ4v) is 2.97. The normalized spacial score (nSPS) is 29.4. The van der Waals surface area contributed by atoms with E-state index in [4.69, 9.17) is 10.5 Å². The molecule has 0 spiro atoms. The van der Waals surface area contributed by atoms with Gasteiger partial charge < -0.3 is 10.1 Å². The molecule has 2 rings (SSSR count). The monoisotopic (exact) mass is 336 g/mol. The third-order valence-electron chi connectivity index (χ3n) is 4.10. The molecule has 24 heavy (non-hydrogen) atoms. The molecule has 0 bridgehead atoms. The van der Waals surface area contributed by atoms with Crippen molar-refractivity contribution in [2.75, 3.05) is 20.1 Å². The number of fused-ring (bicyclic) bond motifs is 1. The second kappa shape index (κ2) is 7.26. The second-order valence-corrected chi connectivity index (χ2v) is 5.46. The number of carbonyl (C=O) groups excluding carboxylic acids is 3. The molecule has 130 valence electrons. The summed E-state index contributed by atoms with van der Waals surface area (Å²) in [6.45, 7) is 7.66. The van der Waals surface area contributed by atoms with Crippen LogP contribution in [0.15, 0.2) is 25.3 Å². The Morgan fingerprint density at radius 2 is 1.83 bits per heavy atom. The fourth-order valence-electron chi connectivity index (χ4n) is 2.97. The number of rotatable bonds is 5. The summed E-state index contributed by atoms with van der Waals surface area (Å²) in [6.07, 6.45) is 2.07. The third kappa shape index (κ3) is 3.16. The minimum absolute atomic E-state index is 0.0323. The van der Waals surface area contributed by atoms with Crippen LogP contribution in [0.3, 0.4) is 0 Å². The van der Waals surface area contributed by atoms with Crippen LogP contribution >= 0.6 is 0 Å². The first-order valence-corrected chi connectivity index (χ1v) is 7.55. The summed E-state index contributed by atoms with van der Waals surface area (Å²) in [5, 5.41) is 4.70. The van der Waals surface area contributed by atoms with Gasteiger partial charge in [0.1, 0.15) is 0 Å². The highest BCUT2D eigenvalue weighted by Gasteiger charge is 2.58. The number of guanidine groups is 1. The summed E-state index contributed by atoms with van der Waals surface area (Å²) < 4.78 is 5.62. The van der Waals surface area contributed by atoms with Crippen molar-refractivity contribution in [3.8, 4) is 0 Å². The van der Waals surface area contributed by atoms with E-state index in [-0.39, 0.29) is 30.9 Å². The Morgan fingerprint density at radius 3 is 2.29 bits per heavy atom. The number of nitrogens with zero attached hydrogens (tertiary/aromatic N) is 1. The maximum Gasteiger partial charge on any atom is 0.379 e. The summed E-state index contributed by atoms with van der Waals surface area (Å²) in [6, 6.07) is -0.470. The molecular weight excluding hydrogens is 314 g/mol. The van der Waals surface area contributed by atoms with E-state index in [2.05, 4.69) is 28.8 Å². The third-order valence-corrected chi connectivity index (χ3v) is 4.10. The van der Waals surface area contributed by atoms with Gasteiger partial charge in [0.15, 0.2) is 0 Å². The SMILES string of the molecule is C=CC1OC(C=C)C2C(=O)N(CC[NH+]=C(N)NC(=O)NC)C(=O)C12. The van der Waals surface area contributed by atoms with Gasteiger partial charge in [-0.1, -0.05) is 12.2 Å². The van der Waals surface area contributed by atoms with Crippen molar-refractivity contribution in [2.24, 2.45) is 17.6 Å². The Labute approximate surface area is 139 Å². The van der Waals surface area contributed by atoms with Crippen molar-refractivity contribution in [1.82, 2.24) is 15.5 Å². The van der Waals surface area contributed by atoms with E-state index in [0.29, 0.717) is 0 Å². The minimum Gasteiger partial charge on any atom is -0.365 e. The molecule has 2 heterocycles. The van der Waals surface area contributed by atoms with Crippen molar-refractivity contribution < 1.29 is 24.1 Å². The maximum atomic E-state index is 12.5. The number of likely N-dealkylation sites (tertiary alicyclic amines) is 1. The van der Waals surface area contributed by atoms with Gasteiger partial charge in [-0.2, -0.15) is 5.32 Å². The Morgan fingerprint density at radius 1 is 1.29 bits per heavy atom. The standard InChI is InChI=1S/C15H21N5O4/c1-4-8-10-11(9(5-2)24-8)13(22)20(12(10)21)7-6-18-14(16)19-15(23)17-3/h4-5,8-11H,1-2,6-7H2,3H3,(H4,16,17,18,19,23)/p+1. The molecule has 0 aromatic carbocycles. The van der Waals surface area contributed by atoms with Crippen LogP contribution in [0.5, 0.6) is 0 Å². The van der Waals surface area contributed by atoms with Crippen LogP contribution in [0, 0.1) is 11.8 Å². The Bertz CT molecular complexity index is 571. The van der Waals surface area contributed by atoms with Crippen LogP contribution in [0.25, 0.3) is 0 Å². The Balaban J connectivity index is 2.02. The van der Waals surface area contributed by atoms with E-state index in [1.807, 2.05) is 0 Å². The molecule has 5 N–H and O–H groups in total. The number of nitrogens with one attached hydrogen (secondary N) is 3. The van der Waals surface area contributed by atoms with Gasteiger partial charge in [0.25, 0.3) is 0 Å². The molecule has 9 heteroatoms. The van der Waals surface area contributed by atoms with Crippen LogP contribution in [-0.4, -0.2) is 61.1 Å². The zero-order valence-electron chi connectivity index (χ0n) is 13.5. The summed E-state index contributed by atoms with van der Waals surface area (Å²) in [5.74, 6) is -1.69. The van der Waals surface area contributed by atoms with Crippen LogP contribution in [0.2, 0.25) is 0 Å². The molecule has 9 nitrogen and oxygen atoms in total. The van der Waals surface area contributed by atoms with Crippen LogP contribution in [0.1, 0.15) is 0 Å². The lowest BCUT2D eigenvalue weighted by atomic mass is 9.89. The largest absolute Gasteiger partial charge is 0.379 e. The molecule has 0 radical (unpaired) electrons. The van der Waals surface area contributed by atoms with Gasteiger partial charge in [0, 0.05) is 7.05 Å². The van der Waals surface area contributed by atoms with E-state index in [1.165, 1.54) is 24.1 Å². The predicted molar refractivity (Wildman–Crippen MR) is 85.4 cm³/mol. The first-order chi connectivity index (χ1) is 11.4. The van der Waals surface area contributed by atoms with Gasteiger partial charge in [-0.15, -0.1) is 13.2 Å². The molecule has 4 amide bonds. The molecule has 2 aliphatic rings. The molecular formula is C15H22N5O4+. The molecule has 2 fully saturated rings. The summed E-state index contributed by atoms with van der Waals surface area (Å²) in [7, 11) is 1.46. The van der Waals surface area contributed by atoms with E-state index in [0.717, 1.165) is 0 Å². The highest BCUT2D eigenvalue weighted by Crippen LogP contribution is 2.41. The van der Waals surface area contributed by atoms with Gasteiger partial charge in [-0.05, 0) is 0 Å². The highest BCUT2D eigenvalue weighted by molar-refractivity contribution is 6.06. The van der Waals surface area contributed by atoms with Gasteiger partial charge >= 0.3 is 12.0 Å². The first kappa shape index (κ1) is 17.7. The lowest BCUT2D eigenvalue weighted by Gasteiger charge is -2.18. The van der Waals surface area contributed by atoms with Crippen LogP contribution in [-0.2, 0) is 14.3 Å². The first-order valence-electron chi connectivity index (χ1n) is 7.55. The van der Waals surface area contributed by atoms with E-state index in [9.17, 15) is 14.4 Å². The fraction of sp³-hybridized carbons (Fsp3) is 0.467. The average molecular weight is 336 g/mol. The summed E-state index contributed by atoms with van der Waals surface area (Å²) >= 11 is 0. The van der Waals surface area contributed by atoms with Crippen molar-refractivity contribution >= 4 is 23.8 Å². The molecule has 0 saturated carbocycles. The molecule has 0 aliphatic carbocycles. The number of carbonyl (C=O) groups is 3. The quantitative estimate of drug-likeness (QED) is 0.185. The van der Waals surface area contributed by atoms with Crippen LogP contribution < -0.4 is 21.4 Å². The number of amides is 4. The van der Waals surface area contributed by atoms with E-state index >= 15 is 0 Å². The van der Waals surface area contributed by atoms with Gasteiger partial charge in [0.2, 0.25) is 11.8 Å². The van der Waals surface area contributed by atoms with Gasteiger partial charge in [0.05, 0.1) is 37.1 Å². The van der Waals surface area contributed by atoms with Crippen molar-refractivity contribution in [2.45, 2.75) is 12.2 Å². The Kier molecular flexibility index (Phi) is 5.35. The number of urea groups is 1. The summed E-state index contributed by atoms with van der Waals surface area (Å²) in [5.41, 5.74) is 5.58. The lowest BCUT2D eigenvalue weighted by molar-refractivity contribution is -0.459. The topological polar surface area (TPSA) is 128 Å². The zero-order chi connectivity index (χ0) is 17.9. The van der Waals surface area contributed by atoms with E-state index < -0.39 is 30.1 Å². The van der Waals surface area contributed by atoms with Crippen molar-refractivity contribution in [3.63, 3.8) is 0 Å². The van der Waals surface area contributed by atoms with Crippen molar-refractivity contribution in [3.05, 3.63) is 25.3 Å². The zero-order valence-corrected chi connectivity index (χ0v) is 13.5. The molecule has 4 unspecified atom stereocenters. The Hall–Kier alpha value is -2.68. The average Bonchev–Trinajstić information content (AvgIpc) is 3.06. The predicted octanol–water partition coefficient (Wildman–Crippen LogP) is -2.95. The molecule has 0 aromatic heterocycles. The number of hydrogen-bond acceptors (Lipinski definition) is 4. The number of imide groups is 1. The summed E-state index contributed by atoms with van der Waals surface area (Å²) in [4.78, 5) is 40.1. The molecule has 2 saturated heterocycles. The smallest absolute Gasteiger partial charge is 0.365 e. The lowest BCUT2D eigenvalue weighted by Crippen LogP contribution is -2.81. The minimum atomic E-state index is -0.566. The maximum absolute atomic E-state index is 12.5. The highest BCUT2D eigenvalue weighted by atomic mass is 16.5. The second-order valence-electron chi connectivity index (χ2n) is 5.46. The van der Waals surface area contributed by atoms with Crippen molar-refractivity contribution in [1.29, 1.82) is 0 Å².